The van der Waals surface area contributed by atoms with Crippen LogP contribution in [0, 0.1) is 5.41 Å². The average molecular weight is 1000 g/mol. The molecular formula is C26H42N10O24P4. The summed E-state index contributed by atoms with van der Waals surface area (Å²) in [7, 11) is -20.5. The number of aromatic amines is 2. The molecule has 10 atom stereocenters. The summed E-state index contributed by atoms with van der Waals surface area (Å²) in [5.41, 5.74) is 6.86. The van der Waals surface area contributed by atoms with Crippen molar-refractivity contribution in [3.8, 4) is 0 Å². The quantitative estimate of drug-likeness (QED) is 0.0471. The van der Waals surface area contributed by atoms with Gasteiger partial charge in [0.2, 0.25) is 11.9 Å². The monoisotopic (exact) mass is 1000 g/mol. The van der Waals surface area contributed by atoms with Gasteiger partial charge in [0.25, 0.3) is 11.1 Å². The molecule has 3 aromatic heterocycles. The summed E-state index contributed by atoms with van der Waals surface area (Å²) in [5.74, 6) is -0.664. The Morgan fingerprint density at radius 3 is 1.72 bits per heavy atom. The molecule has 34 nitrogen and oxygen atoms in total. The molecule has 3 aliphatic rings. The minimum Gasteiger partial charge on any atom is -0.387 e. The molecule has 0 aromatic carbocycles. The van der Waals surface area contributed by atoms with Crippen molar-refractivity contribution in [2.75, 3.05) is 74.6 Å². The molecule has 360 valence electrons. The summed E-state index contributed by atoms with van der Waals surface area (Å²) in [6.07, 6.45) is -12.4. The number of fused-ring (bicyclic) bond motifs is 2. The highest BCUT2D eigenvalue weighted by atomic mass is 31.2. The van der Waals surface area contributed by atoms with E-state index in [9.17, 15) is 77.6 Å². The van der Waals surface area contributed by atoms with E-state index >= 15 is 0 Å². The van der Waals surface area contributed by atoms with Crippen LogP contribution in [0.1, 0.15) is 6.23 Å². The number of hydrogen-bond acceptors (Lipinski definition) is 25. The highest BCUT2D eigenvalue weighted by Gasteiger charge is 2.50. The maximum atomic E-state index is 13.1. The largest absolute Gasteiger partial charge is 0.472 e. The summed E-state index contributed by atoms with van der Waals surface area (Å²) >= 11 is 0. The van der Waals surface area contributed by atoms with Crippen LogP contribution in [0.25, 0.3) is 11.2 Å². The summed E-state index contributed by atoms with van der Waals surface area (Å²) < 4.78 is 90.4. The van der Waals surface area contributed by atoms with Gasteiger partial charge in [0, 0.05) is 7.05 Å². The predicted molar refractivity (Wildman–Crippen MR) is 206 cm³/mol. The molecule has 0 spiro atoms. The molecule has 2 unspecified atom stereocenters. The second-order valence-electron chi connectivity index (χ2n) is 14.4. The fraction of sp³-hybridized carbons (Fsp3) is 0.654. The number of aliphatic hydroxyl groups excluding tert-OH is 4. The van der Waals surface area contributed by atoms with Crippen LogP contribution in [-0.4, -0.2) is 175 Å². The molecule has 0 amide bonds. The number of nitrogen functional groups attached to an aromatic ring is 2. The number of rotatable bonds is 20. The van der Waals surface area contributed by atoms with Gasteiger partial charge in [-0.05, 0) is 0 Å². The van der Waals surface area contributed by atoms with E-state index < -0.39 is 137 Å². The molecule has 2 saturated heterocycles. The topological polar surface area (TPSA) is 512 Å². The van der Waals surface area contributed by atoms with Crippen LogP contribution >= 0.6 is 31.3 Å². The van der Waals surface area contributed by atoms with Crippen molar-refractivity contribution in [3.05, 3.63) is 27.0 Å². The highest BCUT2D eigenvalue weighted by Crippen LogP contribution is 2.51. The maximum absolute atomic E-state index is 13.1. The van der Waals surface area contributed by atoms with Crippen molar-refractivity contribution in [3.63, 3.8) is 0 Å². The van der Waals surface area contributed by atoms with Crippen molar-refractivity contribution >= 4 is 65.9 Å². The molecule has 2 fully saturated rings. The lowest BCUT2D eigenvalue weighted by atomic mass is 9.93. The van der Waals surface area contributed by atoms with E-state index in [1.807, 2.05) is 0 Å². The number of hydrogen-bond donors (Lipinski definition) is 14. The molecule has 0 saturated carbocycles. The Balaban J connectivity index is 1.12. The van der Waals surface area contributed by atoms with Crippen LogP contribution in [0.2, 0.25) is 0 Å². The molecular weight excluding hydrogens is 960 g/mol. The molecule has 3 aromatic rings. The number of ether oxygens (including phenoxy) is 2. The first-order valence-corrected chi connectivity index (χ1v) is 23.9. The molecule has 0 radical (unpaired) electrons. The molecule has 0 aliphatic carbocycles. The van der Waals surface area contributed by atoms with E-state index in [-0.39, 0.29) is 41.2 Å². The normalized spacial score (nSPS) is 27.3. The SMILES string of the molecule is CN1CN([C@@H]2O[C@H](COP(=O)(O)OCC(COP(=O)(O)O)(COP(=O)(O)O)COP(=O)(O)OC[C@H]3O[C@@H](n4cnc5c(=O)[nH]c(N)nc54)[C@H](O)[C@@H]3O)[C@@H](O)[C@H]2O)c2nc(N)[nH]c(=O)c21. The minimum atomic E-state index is -5.52. The van der Waals surface area contributed by atoms with Crippen molar-refractivity contribution in [1.82, 2.24) is 29.5 Å². The fourth-order valence-corrected chi connectivity index (χ4v) is 9.05. The van der Waals surface area contributed by atoms with Crippen LogP contribution in [-0.2, 0) is 54.9 Å². The molecule has 6 rings (SSSR count). The Hall–Kier alpha value is -3.37. The minimum absolute atomic E-state index is 0.0368. The number of aliphatic hydroxyl groups is 4. The van der Waals surface area contributed by atoms with E-state index in [4.69, 9.17) is 39.0 Å². The number of anilines is 4. The fourth-order valence-electron chi connectivity index (χ4n) is 6.47. The lowest BCUT2D eigenvalue weighted by Crippen LogP contribution is -2.45. The van der Waals surface area contributed by atoms with Gasteiger partial charge in [-0.25, -0.2) is 23.2 Å². The van der Waals surface area contributed by atoms with Gasteiger partial charge in [-0.3, -0.25) is 51.3 Å². The van der Waals surface area contributed by atoms with Crippen molar-refractivity contribution < 1.29 is 105 Å². The van der Waals surface area contributed by atoms with Crippen molar-refractivity contribution in [2.24, 2.45) is 5.41 Å². The number of phosphoric acid groups is 4. The van der Waals surface area contributed by atoms with Crippen LogP contribution in [0.15, 0.2) is 15.9 Å². The smallest absolute Gasteiger partial charge is 0.387 e. The third-order valence-electron chi connectivity index (χ3n) is 9.57. The summed E-state index contributed by atoms with van der Waals surface area (Å²) in [5, 5.41) is 42.9. The van der Waals surface area contributed by atoms with Crippen molar-refractivity contribution in [2.45, 2.75) is 49.1 Å². The van der Waals surface area contributed by atoms with Crippen LogP contribution in [0.3, 0.4) is 0 Å². The number of H-pyrrole nitrogens is 2. The van der Waals surface area contributed by atoms with Crippen LogP contribution in [0.5, 0.6) is 0 Å². The summed E-state index contributed by atoms with van der Waals surface area (Å²) in [6.45, 7) is -8.01. The number of nitrogens with one attached hydrogen (secondary N) is 2. The Morgan fingerprint density at radius 1 is 0.719 bits per heavy atom. The van der Waals surface area contributed by atoms with E-state index in [1.165, 1.54) is 16.8 Å². The zero-order valence-corrected chi connectivity index (χ0v) is 36.0. The molecule has 16 N–H and O–H groups in total. The summed E-state index contributed by atoms with van der Waals surface area (Å²) in [4.78, 5) is 102. The third-order valence-corrected chi connectivity index (χ3v) is 12.4. The van der Waals surface area contributed by atoms with E-state index in [2.05, 4.69) is 34.0 Å². The number of imidazole rings is 1. The molecule has 6 heterocycles. The predicted octanol–water partition coefficient (Wildman–Crippen LogP) is -5.18. The van der Waals surface area contributed by atoms with E-state index in [0.717, 1.165) is 10.9 Å². The first-order chi connectivity index (χ1) is 29.6. The van der Waals surface area contributed by atoms with Gasteiger partial charge in [-0.1, -0.05) is 0 Å². The Kier molecular flexibility index (Phi) is 14.6. The molecule has 38 heteroatoms. The third kappa shape index (κ3) is 11.6. The number of nitrogens with zero attached hydrogens (tertiary/aromatic N) is 6. The number of nitrogens with two attached hydrogens (primary N) is 2. The Morgan fingerprint density at radius 2 is 1.19 bits per heavy atom. The van der Waals surface area contributed by atoms with Gasteiger partial charge in [0.15, 0.2) is 29.4 Å². The molecule has 3 aliphatic heterocycles. The van der Waals surface area contributed by atoms with E-state index in [0.29, 0.717) is 0 Å². The van der Waals surface area contributed by atoms with Gasteiger partial charge < -0.3 is 80.5 Å². The Bertz CT molecular complexity index is 2470. The van der Waals surface area contributed by atoms with E-state index in [1.54, 1.807) is 0 Å². The molecule has 0 bridgehead atoms. The first-order valence-electron chi connectivity index (χ1n) is 17.9. The van der Waals surface area contributed by atoms with Gasteiger partial charge in [0.1, 0.15) is 42.3 Å². The average Bonchev–Trinajstić information content (AvgIpc) is 3.91. The molecule has 64 heavy (non-hydrogen) atoms. The lowest BCUT2D eigenvalue weighted by molar-refractivity contribution is -0.0580. The maximum Gasteiger partial charge on any atom is 0.472 e. The second-order valence-corrected chi connectivity index (χ2v) is 19.8. The van der Waals surface area contributed by atoms with Gasteiger partial charge in [-0.2, -0.15) is 9.97 Å². The summed E-state index contributed by atoms with van der Waals surface area (Å²) in [6, 6.07) is 0. The van der Waals surface area contributed by atoms with Gasteiger partial charge in [0.05, 0.1) is 58.1 Å². The lowest BCUT2D eigenvalue weighted by Gasteiger charge is -2.33. The second kappa shape index (κ2) is 18.7. The zero-order chi connectivity index (χ0) is 47.3. The van der Waals surface area contributed by atoms with Crippen molar-refractivity contribution in [1.29, 1.82) is 0 Å². The standard InChI is InChI=1S/C26H42N10O24P4/c1-34-9-36(19-13(34)21(42)33-25(28)31-19)23-17(40)15(38)11(60-23)3-54-64(51,52)58-7-26(4-55-61(43,44)45,5-56-62(46,47)48)6-57-63(49,50)53-2-10-14(37)16(39)22(59-10)35-8-29-12-18(35)30-24(27)32-20(12)41/h8,10-11,14-17,22-23,37-40H,2-7,9H2,1H3,(H,49,50)(H,51,52)(H2,43,44,45)(H2,46,47,48)(H3,27,30,32,41)(H3,28,31,33,42)/t10-,11-,14-,15-,16-,17-,22-,23-/m1/s1. The van der Waals surface area contributed by atoms with Crippen LogP contribution < -0.4 is 32.4 Å². The van der Waals surface area contributed by atoms with Gasteiger partial charge >= 0.3 is 31.3 Å². The zero-order valence-electron chi connectivity index (χ0n) is 32.5. The van der Waals surface area contributed by atoms with Gasteiger partial charge in [-0.15, -0.1) is 0 Å². The highest BCUT2D eigenvalue weighted by molar-refractivity contribution is 7.47. The van der Waals surface area contributed by atoms with Crippen LogP contribution in [0.4, 0.5) is 23.4 Å². The Labute approximate surface area is 355 Å². The number of aromatic nitrogens is 6. The first kappa shape index (κ1) is 50.1. The number of phosphoric ester groups is 4.